The van der Waals surface area contributed by atoms with Gasteiger partial charge in [0.15, 0.2) is 17.5 Å². The minimum atomic E-state index is -1.64. The van der Waals surface area contributed by atoms with E-state index < -0.39 is 29.2 Å². The van der Waals surface area contributed by atoms with Crippen LogP contribution in [0.15, 0.2) is 11.8 Å². The molecular weight excluding hydrogens is 176 g/mol. The van der Waals surface area contributed by atoms with E-state index in [-0.39, 0.29) is 0 Å². The molecule has 0 aliphatic rings. The smallest absolute Gasteiger partial charge is 0.321 e. The fourth-order valence-corrected chi connectivity index (χ4v) is 0.800. The van der Waals surface area contributed by atoms with Crippen LogP contribution in [-0.2, 0) is 14.4 Å². The van der Waals surface area contributed by atoms with Crippen LogP contribution in [-0.4, -0.2) is 27.7 Å². The van der Waals surface area contributed by atoms with Crippen molar-refractivity contribution in [2.75, 3.05) is 0 Å². The number of carbonyl (C=O) groups excluding carboxylic acids is 2. The average molecular weight is 186 g/mol. The van der Waals surface area contributed by atoms with Gasteiger partial charge in [0.1, 0.15) is 5.76 Å². The van der Waals surface area contributed by atoms with Crippen molar-refractivity contribution in [3.63, 3.8) is 0 Å². The number of carboxylic acid groups (broad SMARTS) is 1. The Kier molecular flexibility index (Phi) is 3.84. The van der Waals surface area contributed by atoms with Crippen molar-refractivity contribution in [1.82, 2.24) is 0 Å². The minimum Gasteiger partial charge on any atom is -0.511 e. The van der Waals surface area contributed by atoms with Crippen LogP contribution in [0.25, 0.3) is 0 Å². The second-order valence-corrected chi connectivity index (χ2v) is 2.56. The van der Waals surface area contributed by atoms with Gasteiger partial charge in [-0.1, -0.05) is 0 Å². The van der Waals surface area contributed by atoms with Crippen LogP contribution in [0.4, 0.5) is 0 Å². The van der Waals surface area contributed by atoms with Gasteiger partial charge < -0.3 is 10.2 Å². The number of aliphatic hydroxyl groups excluding tert-OH is 1. The number of allylic oxidation sites excluding steroid dienone is 1. The molecule has 1 atom stereocenters. The highest BCUT2D eigenvalue weighted by atomic mass is 16.4. The van der Waals surface area contributed by atoms with E-state index in [1.54, 1.807) is 0 Å². The maximum atomic E-state index is 10.7. The van der Waals surface area contributed by atoms with E-state index in [0.717, 1.165) is 19.9 Å². The Morgan fingerprint density at radius 1 is 1.15 bits per heavy atom. The van der Waals surface area contributed by atoms with Crippen LogP contribution in [0.3, 0.4) is 0 Å². The van der Waals surface area contributed by atoms with Gasteiger partial charge in [-0.2, -0.15) is 0 Å². The molecular formula is C8H10O5. The number of hydrogen-bond donors (Lipinski definition) is 2. The number of hydrogen-bond acceptors (Lipinski definition) is 4. The number of Topliss-reactive ketones (excluding diaryl/α,β-unsaturated/α-hetero) is 1. The third-order valence-electron chi connectivity index (χ3n) is 1.30. The summed E-state index contributed by atoms with van der Waals surface area (Å²) in [6.07, 6.45) is 0.722. The van der Waals surface area contributed by atoms with E-state index in [1.165, 1.54) is 0 Å². The molecule has 0 rings (SSSR count). The quantitative estimate of drug-likeness (QED) is 0.374. The van der Waals surface area contributed by atoms with Crippen LogP contribution >= 0.6 is 0 Å². The summed E-state index contributed by atoms with van der Waals surface area (Å²) in [5.74, 6) is -5.06. The predicted molar refractivity (Wildman–Crippen MR) is 43.2 cm³/mol. The summed E-state index contributed by atoms with van der Waals surface area (Å²) in [4.78, 5) is 31.6. The molecule has 0 spiro atoms. The van der Waals surface area contributed by atoms with Crippen molar-refractivity contribution in [3.8, 4) is 0 Å². The Morgan fingerprint density at radius 3 is 1.85 bits per heavy atom. The molecule has 1 unspecified atom stereocenters. The monoisotopic (exact) mass is 186 g/mol. The van der Waals surface area contributed by atoms with E-state index in [2.05, 4.69) is 0 Å². The molecule has 0 aliphatic carbocycles. The maximum absolute atomic E-state index is 10.7. The topological polar surface area (TPSA) is 91.7 Å². The molecule has 0 saturated heterocycles. The summed E-state index contributed by atoms with van der Waals surface area (Å²) in [7, 11) is 0. The summed E-state index contributed by atoms with van der Waals surface area (Å²) >= 11 is 0. The first-order valence-corrected chi connectivity index (χ1v) is 3.50. The highest BCUT2D eigenvalue weighted by Crippen LogP contribution is 2.09. The van der Waals surface area contributed by atoms with Gasteiger partial charge in [0.25, 0.3) is 0 Å². The second kappa shape index (κ2) is 4.39. The lowest BCUT2D eigenvalue weighted by molar-refractivity contribution is -0.145. The largest absolute Gasteiger partial charge is 0.511 e. The third-order valence-corrected chi connectivity index (χ3v) is 1.30. The van der Waals surface area contributed by atoms with Crippen LogP contribution in [0.5, 0.6) is 0 Å². The molecule has 0 fully saturated rings. The molecule has 2 N–H and O–H groups in total. The summed E-state index contributed by atoms with van der Waals surface area (Å²) in [5, 5.41) is 17.6. The van der Waals surface area contributed by atoms with Crippen molar-refractivity contribution in [1.29, 1.82) is 0 Å². The summed E-state index contributed by atoms with van der Waals surface area (Å²) in [6.45, 7) is 2.18. The van der Waals surface area contributed by atoms with E-state index in [9.17, 15) is 14.4 Å². The first-order chi connectivity index (χ1) is 5.86. The Labute approximate surface area is 74.7 Å². The number of carboxylic acids is 1. The summed E-state index contributed by atoms with van der Waals surface area (Å²) in [6, 6.07) is 0. The van der Waals surface area contributed by atoms with Crippen molar-refractivity contribution in [2.24, 2.45) is 5.92 Å². The zero-order valence-electron chi connectivity index (χ0n) is 7.27. The predicted octanol–water partition coefficient (Wildman–Crippen LogP) is 0.307. The Bertz CT molecular complexity index is 262. The molecule has 0 saturated carbocycles. The molecule has 0 aliphatic heterocycles. The number of rotatable bonds is 4. The molecule has 0 amide bonds. The molecule has 0 heterocycles. The van der Waals surface area contributed by atoms with E-state index in [0.29, 0.717) is 0 Å². The Morgan fingerprint density at radius 2 is 1.62 bits per heavy atom. The lowest BCUT2D eigenvalue weighted by Gasteiger charge is -2.06. The van der Waals surface area contributed by atoms with Crippen LogP contribution in [0.2, 0.25) is 0 Å². The molecule has 5 heteroatoms. The van der Waals surface area contributed by atoms with Crippen molar-refractivity contribution >= 4 is 17.5 Å². The van der Waals surface area contributed by atoms with Gasteiger partial charge in [0.2, 0.25) is 0 Å². The molecule has 5 nitrogen and oxygen atoms in total. The van der Waals surface area contributed by atoms with E-state index in [4.69, 9.17) is 10.2 Å². The van der Waals surface area contributed by atoms with Crippen molar-refractivity contribution < 1.29 is 24.6 Å². The van der Waals surface area contributed by atoms with Crippen LogP contribution in [0.1, 0.15) is 13.8 Å². The zero-order valence-corrected chi connectivity index (χ0v) is 7.27. The van der Waals surface area contributed by atoms with Crippen molar-refractivity contribution in [2.45, 2.75) is 13.8 Å². The number of carbonyl (C=O) groups is 3. The summed E-state index contributed by atoms with van der Waals surface area (Å²) < 4.78 is 0. The van der Waals surface area contributed by atoms with Gasteiger partial charge in [0.05, 0.1) is 0 Å². The normalized spacial score (nSPS) is 13.5. The minimum absolute atomic E-state index is 0.509. The van der Waals surface area contributed by atoms with E-state index >= 15 is 0 Å². The Hall–Kier alpha value is -1.65. The van der Waals surface area contributed by atoms with Gasteiger partial charge in [0, 0.05) is 6.08 Å². The Balaban J connectivity index is 4.86. The molecule has 0 aromatic carbocycles. The molecule has 0 bridgehead atoms. The second-order valence-electron chi connectivity index (χ2n) is 2.56. The van der Waals surface area contributed by atoms with Crippen LogP contribution < -0.4 is 0 Å². The number of aliphatic hydroxyl groups is 1. The molecule has 0 radical (unpaired) electrons. The number of ketones is 2. The highest BCUT2D eigenvalue weighted by Gasteiger charge is 2.27. The lowest BCUT2D eigenvalue weighted by Crippen LogP contribution is -2.24. The standard InChI is InChI=1S/C8H10O5/c1-4(9)3-6(11)7(5(2)10)8(12)13/h3,7,11H,1-2H3,(H,12,13)/b6-3-. The van der Waals surface area contributed by atoms with Crippen LogP contribution in [0, 0.1) is 5.92 Å². The zero-order chi connectivity index (χ0) is 10.6. The van der Waals surface area contributed by atoms with Gasteiger partial charge in [-0.3, -0.25) is 14.4 Å². The first-order valence-electron chi connectivity index (χ1n) is 3.50. The highest BCUT2D eigenvalue weighted by molar-refractivity contribution is 6.01. The molecule has 0 aromatic rings. The maximum Gasteiger partial charge on any atom is 0.321 e. The van der Waals surface area contributed by atoms with Gasteiger partial charge >= 0.3 is 5.97 Å². The summed E-state index contributed by atoms with van der Waals surface area (Å²) in [5.41, 5.74) is 0. The van der Waals surface area contributed by atoms with E-state index in [1.807, 2.05) is 0 Å². The lowest BCUT2D eigenvalue weighted by atomic mass is 10.0. The fraction of sp³-hybridized carbons (Fsp3) is 0.375. The fourth-order valence-electron chi connectivity index (χ4n) is 0.800. The molecule has 72 valence electrons. The molecule has 13 heavy (non-hydrogen) atoms. The average Bonchev–Trinajstić information content (AvgIpc) is 1.81. The SMILES string of the molecule is CC(=O)/C=C(\O)C(C(C)=O)C(=O)O. The van der Waals surface area contributed by atoms with Crippen molar-refractivity contribution in [3.05, 3.63) is 11.8 Å². The molecule has 0 aromatic heterocycles. The van der Waals surface area contributed by atoms with Gasteiger partial charge in [-0.15, -0.1) is 0 Å². The number of aliphatic carboxylic acids is 1. The van der Waals surface area contributed by atoms with Gasteiger partial charge in [-0.25, -0.2) is 0 Å². The van der Waals surface area contributed by atoms with Gasteiger partial charge in [-0.05, 0) is 13.8 Å². The first kappa shape index (κ1) is 11.4. The third kappa shape index (κ3) is 3.50.